The molecule has 0 radical (unpaired) electrons. The fourth-order valence-electron chi connectivity index (χ4n) is 3.25. The molecule has 20 heavy (non-hydrogen) atoms. The molecule has 1 N–H and O–H groups in total. The quantitative estimate of drug-likeness (QED) is 0.549. The maximum atomic E-state index is 3.80. The predicted molar refractivity (Wildman–Crippen MR) is 96.5 cm³/mol. The lowest BCUT2D eigenvalue weighted by Crippen LogP contribution is -2.31. The minimum Gasteiger partial charge on any atom is -0.309 e. The fraction of sp³-hybridized carbons (Fsp3) is 0.750. The van der Waals surface area contributed by atoms with Crippen LogP contribution in [0.25, 0.3) is 0 Å². The summed E-state index contributed by atoms with van der Waals surface area (Å²) in [5.41, 5.74) is 0. The molecule has 1 nitrogen and oxygen atoms in total. The van der Waals surface area contributed by atoms with Crippen LogP contribution in [0.15, 0.2) is 14.3 Å². The summed E-state index contributed by atoms with van der Waals surface area (Å²) >= 11 is 9.15. The Balaban J connectivity index is 2.07. The first-order chi connectivity index (χ1) is 9.65. The van der Waals surface area contributed by atoms with E-state index in [1.807, 2.05) is 11.3 Å². The van der Waals surface area contributed by atoms with Crippen molar-refractivity contribution in [3.63, 3.8) is 0 Å². The molecular formula is C16H25Br2NS. The van der Waals surface area contributed by atoms with E-state index in [9.17, 15) is 0 Å². The normalized spacial score (nSPS) is 24.8. The van der Waals surface area contributed by atoms with E-state index in [0.29, 0.717) is 6.04 Å². The summed E-state index contributed by atoms with van der Waals surface area (Å²) in [6.07, 6.45) is 8.16. The van der Waals surface area contributed by atoms with Crippen LogP contribution in [0.2, 0.25) is 0 Å². The van der Waals surface area contributed by atoms with Gasteiger partial charge in [-0.05, 0) is 75.6 Å². The van der Waals surface area contributed by atoms with Crippen LogP contribution >= 0.6 is 43.2 Å². The Hall–Kier alpha value is 0.620. The second-order valence-corrected chi connectivity index (χ2v) is 9.15. The van der Waals surface area contributed by atoms with Gasteiger partial charge < -0.3 is 5.32 Å². The Morgan fingerprint density at radius 2 is 1.95 bits per heavy atom. The molecule has 0 spiro atoms. The molecule has 0 aliphatic heterocycles. The number of thiophene rings is 1. The van der Waals surface area contributed by atoms with Crippen molar-refractivity contribution in [1.29, 1.82) is 0 Å². The van der Waals surface area contributed by atoms with E-state index in [4.69, 9.17) is 0 Å². The Labute approximate surface area is 144 Å². The molecule has 1 aliphatic carbocycles. The van der Waals surface area contributed by atoms with Crippen LogP contribution in [0, 0.1) is 11.8 Å². The van der Waals surface area contributed by atoms with Gasteiger partial charge in [-0.2, -0.15) is 0 Å². The molecule has 2 rings (SSSR count). The Kier molecular flexibility index (Phi) is 7.05. The van der Waals surface area contributed by atoms with Gasteiger partial charge in [0.25, 0.3) is 0 Å². The molecule has 0 aromatic carbocycles. The van der Waals surface area contributed by atoms with Crippen LogP contribution in [0.5, 0.6) is 0 Å². The summed E-state index contributed by atoms with van der Waals surface area (Å²) < 4.78 is 2.42. The topological polar surface area (TPSA) is 12.0 Å². The SMILES string of the molecule is CCCNC(c1cc(Br)c(Br)s1)C1CCC(CC)CC1. The lowest BCUT2D eigenvalue weighted by atomic mass is 9.77. The Morgan fingerprint density at radius 3 is 2.45 bits per heavy atom. The molecular weight excluding hydrogens is 398 g/mol. The molecule has 1 atom stereocenters. The van der Waals surface area contributed by atoms with Gasteiger partial charge in [0.05, 0.1) is 3.79 Å². The fourth-order valence-corrected chi connectivity index (χ4v) is 5.50. The summed E-state index contributed by atoms with van der Waals surface area (Å²) in [5, 5.41) is 3.80. The van der Waals surface area contributed by atoms with Gasteiger partial charge in [-0.1, -0.05) is 33.1 Å². The van der Waals surface area contributed by atoms with Crippen molar-refractivity contribution in [3.05, 3.63) is 19.2 Å². The van der Waals surface area contributed by atoms with Crippen LogP contribution in [0.1, 0.15) is 63.3 Å². The largest absolute Gasteiger partial charge is 0.309 e. The van der Waals surface area contributed by atoms with Crippen LogP contribution in [0.3, 0.4) is 0 Å². The molecule has 1 saturated carbocycles. The molecule has 0 saturated heterocycles. The minimum absolute atomic E-state index is 0.542. The average Bonchev–Trinajstić information content (AvgIpc) is 2.79. The molecule has 4 heteroatoms. The predicted octanol–water partition coefficient (Wildman–Crippen LogP) is 6.53. The van der Waals surface area contributed by atoms with Gasteiger partial charge in [0.2, 0.25) is 0 Å². The molecule has 1 heterocycles. The maximum Gasteiger partial charge on any atom is 0.0843 e. The number of rotatable bonds is 6. The van der Waals surface area contributed by atoms with Crippen LogP contribution < -0.4 is 5.32 Å². The van der Waals surface area contributed by atoms with E-state index in [2.05, 4.69) is 57.1 Å². The highest BCUT2D eigenvalue weighted by molar-refractivity contribution is 9.13. The minimum atomic E-state index is 0.542. The molecule has 0 bridgehead atoms. The lowest BCUT2D eigenvalue weighted by Gasteiger charge is -2.33. The highest BCUT2D eigenvalue weighted by Gasteiger charge is 2.29. The van der Waals surface area contributed by atoms with Crippen LogP contribution in [0.4, 0.5) is 0 Å². The van der Waals surface area contributed by atoms with Crippen molar-refractivity contribution >= 4 is 43.2 Å². The second kappa shape index (κ2) is 8.30. The zero-order chi connectivity index (χ0) is 14.5. The molecule has 1 aliphatic rings. The van der Waals surface area contributed by atoms with Crippen molar-refractivity contribution in [3.8, 4) is 0 Å². The highest BCUT2D eigenvalue weighted by atomic mass is 79.9. The number of hydrogen-bond donors (Lipinski definition) is 1. The third-order valence-corrected chi connectivity index (χ3v) is 7.86. The van der Waals surface area contributed by atoms with Gasteiger partial charge in [0.1, 0.15) is 0 Å². The van der Waals surface area contributed by atoms with E-state index >= 15 is 0 Å². The monoisotopic (exact) mass is 421 g/mol. The zero-order valence-corrected chi connectivity index (χ0v) is 16.4. The molecule has 1 fully saturated rings. The standard InChI is InChI=1S/C16H25Br2NS/c1-3-9-19-15(14-10-13(17)16(18)20-14)12-7-5-11(4-2)6-8-12/h10-12,15,19H,3-9H2,1-2H3. The number of nitrogens with one attached hydrogen (secondary N) is 1. The first-order valence-corrected chi connectivity index (χ1v) is 10.2. The van der Waals surface area contributed by atoms with Crippen molar-refractivity contribution in [2.24, 2.45) is 11.8 Å². The second-order valence-electron chi connectivity index (χ2n) is 5.89. The summed E-state index contributed by atoms with van der Waals surface area (Å²) in [6.45, 7) is 5.70. The van der Waals surface area contributed by atoms with Gasteiger partial charge in [0, 0.05) is 15.4 Å². The van der Waals surface area contributed by atoms with E-state index in [1.54, 1.807) is 0 Å². The van der Waals surface area contributed by atoms with E-state index in [1.165, 1.54) is 51.7 Å². The first-order valence-electron chi connectivity index (χ1n) is 7.83. The van der Waals surface area contributed by atoms with Crippen molar-refractivity contribution in [2.45, 2.75) is 58.4 Å². The van der Waals surface area contributed by atoms with Gasteiger partial charge >= 0.3 is 0 Å². The molecule has 1 aromatic rings. The van der Waals surface area contributed by atoms with Gasteiger partial charge in [-0.25, -0.2) is 0 Å². The zero-order valence-electron chi connectivity index (χ0n) is 12.4. The number of hydrogen-bond acceptors (Lipinski definition) is 2. The van der Waals surface area contributed by atoms with Gasteiger partial charge in [-0.3, -0.25) is 0 Å². The molecule has 0 amide bonds. The van der Waals surface area contributed by atoms with Crippen molar-refractivity contribution < 1.29 is 0 Å². The van der Waals surface area contributed by atoms with Gasteiger partial charge in [-0.15, -0.1) is 11.3 Å². The highest BCUT2D eigenvalue weighted by Crippen LogP contribution is 2.42. The smallest absolute Gasteiger partial charge is 0.0843 e. The third kappa shape index (κ3) is 4.31. The lowest BCUT2D eigenvalue weighted by molar-refractivity contribution is 0.220. The first kappa shape index (κ1) is 17.0. The van der Waals surface area contributed by atoms with Crippen LogP contribution in [-0.4, -0.2) is 6.54 Å². The summed E-state index contributed by atoms with van der Waals surface area (Å²) in [6, 6.07) is 2.84. The van der Waals surface area contributed by atoms with Crippen molar-refractivity contribution in [2.75, 3.05) is 6.54 Å². The summed E-state index contributed by atoms with van der Waals surface area (Å²) in [7, 11) is 0. The third-order valence-electron chi connectivity index (χ3n) is 4.53. The Morgan fingerprint density at radius 1 is 1.25 bits per heavy atom. The summed E-state index contributed by atoms with van der Waals surface area (Å²) in [4.78, 5) is 1.48. The molecule has 1 aromatic heterocycles. The number of halogens is 2. The van der Waals surface area contributed by atoms with Gasteiger partial charge in [0.15, 0.2) is 0 Å². The van der Waals surface area contributed by atoms with Crippen molar-refractivity contribution in [1.82, 2.24) is 5.32 Å². The maximum absolute atomic E-state index is 3.80. The van der Waals surface area contributed by atoms with E-state index in [0.717, 1.165) is 18.4 Å². The van der Waals surface area contributed by atoms with E-state index in [-0.39, 0.29) is 0 Å². The Bertz CT molecular complexity index is 391. The molecule has 114 valence electrons. The summed E-state index contributed by atoms with van der Waals surface area (Å²) in [5.74, 6) is 1.78. The van der Waals surface area contributed by atoms with Crippen LogP contribution in [-0.2, 0) is 0 Å². The average molecular weight is 423 g/mol. The van der Waals surface area contributed by atoms with E-state index < -0.39 is 0 Å². The molecule has 1 unspecified atom stereocenters.